The predicted octanol–water partition coefficient (Wildman–Crippen LogP) is 2.33. The molecule has 0 spiro atoms. The van der Waals surface area contributed by atoms with Gasteiger partial charge in [0.2, 0.25) is 0 Å². The topological polar surface area (TPSA) is 42.2 Å². The van der Waals surface area contributed by atoms with Crippen LogP contribution in [0, 0.1) is 5.92 Å². The van der Waals surface area contributed by atoms with E-state index in [1.54, 1.807) is 11.3 Å². The van der Waals surface area contributed by atoms with Gasteiger partial charge in [0, 0.05) is 36.5 Å². The molecule has 0 saturated carbocycles. The number of halogens is 1. The van der Waals surface area contributed by atoms with Gasteiger partial charge in [-0.25, -0.2) is 4.98 Å². The molecule has 0 radical (unpaired) electrons. The Labute approximate surface area is 111 Å². The quantitative estimate of drug-likeness (QED) is 0.902. The van der Waals surface area contributed by atoms with Crippen LogP contribution in [0.4, 0.5) is 5.13 Å². The lowest BCUT2D eigenvalue weighted by molar-refractivity contribution is 0.259. The van der Waals surface area contributed by atoms with Gasteiger partial charge in [0.05, 0.1) is 0 Å². The molecule has 1 saturated heterocycles. The third-order valence-electron chi connectivity index (χ3n) is 2.47. The Kier molecular flexibility index (Phi) is 5.89. The summed E-state index contributed by atoms with van der Waals surface area (Å²) in [6.45, 7) is 5.73. The van der Waals surface area contributed by atoms with Crippen LogP contribution in [0.1, 0.15) is 11.8 Å². The Bertz CT molecular complexity index is 319. The van der Waals surface area contributed by atoms with Gasteiger partial charge in [0.1, 0.15) is 0 Å². The Morgan fingerprint density at radius 2 is 2.44 bits per heavy atom. The van der Waals surface area contributed by atoms with Gasteiger partial charge in [0.15, 0.2) is 5.13 Å². The molecule has 92 valence electrons. The van der Waals surface area contributed by atoms with Crippen molar-refractivity contribution in [2.45, 2.75) is 13.5 Å². The Hall–Kier alpha value is 0.0300. The van der Waals surface area contributed by atoms with Gasteiger partial charge in [-0.2, -0.15) is 11.8 Å². The molecule has 2 N–H and O–H groups in total. The fourth-order valence-corrected chi connectivity index (χ4v) is 3.61. The molecule has 2 rings (SSSR count). The van der Waals surface area contributed by atoms with Crippen molar-refractivity contribution in [3.63, 3.8) is 0 Å². The van der Waals surface area contributed by atoms with Crippen molar-refractivity contribution in [3.8, 4) is 0 Å². The van der Waals surface area contributed by atoms with E-state index in [2.05, 4.69) is 28.6 Å². The van der Waals surface area contributed by atoms with E-state index < -0.39 is 0 Å². The molecule has 0 aliphatic carbocycles. The van der Waals surface area contributed by atoms with Crippen LogP contribution in [-0.2, 0) is 6.54 Å². The lowest BCUT2D eigenvalue weighted by atomic mass is 10.2. The molecule has 3 nitrogen and oxygen atoms in total. The summed E-state index contributed by atoms with van der Waals surface area (Å²) in [7, 11) is 0. The van der Waals surface area contributed by atoms with Crippen molar-refractivity contribution in [1.82, 2.24) is 9.88 Å². The number of hydrogen-bond donors (Lipinski definition) is 1. The number of aromatic nitrogens is 1. The standard InChI is InChI=1S/C10H17N3S2.ClH/c1-8-5-13(2-3-14-7-8)6-9-4-12-10(11)15-9;/h4,8H,2-3,5-7H2,1H3,(H2,11,12);1H. The minimum Gasteiger partial charge on any atom is -0.375 e. The molecular weight excluding hydrogens is 262 g/mol. The monoisotopic (exact) mass is 279 g/mol. The Morgan fingerprint density at radius 3 is 3.12 bits per heavy atom. The summed E-state index contributed by atoms with van der Waals surface area (Å²) in [4.78, 5) is 7.88. The number of hydrogen-bond acceptors (Lipinski definition) is 5. The van der Waals surface area contributed by atoms with Crippen LogP contribution in [-0.4, -0.2) is 34.5 Å². The summed E-state index contributed by atoms with van der Waals surface area (Å²) in [6.07, 6.45) is 1.91. The molecule has 1 aliphatic rings. The summed E-state index contributed by atoms with van der Waals surface area (Å²) in [5.74, 6) is 3.34. The first-order valence-corrected chi connectivity index (χ1v) is 7.21. The van der Waals surface area contributed by atoms with Crippen LogP contribution in [0.15, 0.2) is 6.20 Å². The van der Waals surface area contributed by atoms with Crippen LogP contribution >= 0.6 is 35.5 Å². The van der Waals surface area contributed by atoms with Gasteiger partial charge in [0.25, 0.3) is 0 Å². The number of thioether (sulfide) groups is 1. The van der Waals surface area contributed by atoms with Crippen LogP contribution in [0.3, 0.4) is 0 Å². The normalized spacial score (nSPS) is 22.4. The maximum atomic E-state index is 5.63. The van der Waals surface area contributed by atoms with Crippen molar-refractivity contribution in [1.29, 1.82) is 0 Å². The molecule has 16 heavy (non-hydrogen) atoms. The highest BCUT2D eigenvalue weighted by atomic mass is 35.5. The molecule has 1 unspecified atom stereocenters. The molecule has 1 aliphatic heterocycles. The van der Waals surface area contributed by atoms with E-state index >= 15 is 0 Å². The molecule has 6 heteroatoms. The van der Waals surface area contributed by atoms with E-state index in [1.807, 2.05) is 6.20 Å². The van der Waals surface area contributed by atoms with E-state index in [4.69, 9.17) is 5.73 Å². The first-order chi connectivity index (χ1) is 7.24. The fraction of sp³-hybridized carbons (Fsp3) is 0.700. The molecule has 0 bridgehead atoms. The van der Waals surface area contributed by atoms with Gasteiger partial charge < -0.3 is 5.73 Å². The second-order valence-electron chi connectivity index (χ2n) is 4.08. The third-order valence-corrected chi connectivity index (χ3v) is 4.56. The molecule has 1 aromatic rings. The third kappa shape index (κ3) is 4.13. The van der Waals surface area contributed by atoms with E-state index in [9.17, 15) is 0 Å². The molecule has 1 fully saturated rings. The minimum absolute atomic E-state index is 0. The van der Waals surface area contributed by atoms with Crippen LogP contribution in [0.25, 0.3) is 0 Å². The highest BCUT2D eigenvalue weighted by Gasteiger charge is 2.15. The van der Waals surface area contributed by atoms with Crippen molar-refractivity contribution in [2.75, 3.05) is 30.3 Å². The minimum atomic E-state index is 0. The number of nitrogen functional groups attached to an aromatic ring is 1. The fourth-order valence-electron chi connectivity index (χ4n) is 1.82. The van der Waals surface area contributed by atoms with Crippen molar-refractivity contribution >= 4 is 40.6 Å². The number of rotatable bonds is 2. The summed E-state index contributed by atoms with van der Waals surface area (Å²) in [6, 6.07) is 0. The average Bonchev–Trinajstić information content (AvgIpc) is 2.46. The number of thiazole rings is 1. The summed E-state index contributed by atoms with van der Waals surface area (Å²) in [5.41, 5.74) is 5.63. The Morgan fingerprint density at radius 1 is 1.62 bits per heavy atom. The van der Waals surface area contributed by atoms with Crippen molar-refractivity contribution < 1.29 is 0 Å². The van der Waals surface area contributed by atoms with E-state index in [1.165, 1.54) is 29.5 Å². The predicted molar refractivity (Wildman–Crippen MR) is 75.5 cm³/mol. The Balaban J connectivity index is 0.00000128. The zero-order valence-electron chi connectivity index (χ0n) is 9.39. The number of nitrogens with two attached hydrogens (primary N) is 1. The molecule has 2 heterocycles. The molecule has 0 amide bonds. The van der Waals surface area contributed by atoms with E-state index in [0.717, 1.165) is 12.5 Å². The smallest absolute Gasteiger partial charge is 0.180 e. The largest absolute Gasteiger partial charge is 0.375 e. The van der Waals surface area contributed by atoms with E-state index in [0.29, 0.717) is 5.13 Å². The average molecular weight is 280 g/mol. The molecule has 0 aromatic carbocycles. The van der Waals surface area contributed by atoms with Crippen molar-refractivity contribution in [2.24, 2.45) is 5.92 Å². The second kappa shape index (κ2) is 6.69. The highest BCUT2D eigenvalue weighted by Crippen LogP contribution is 2.20. The first kappa shape index (κ1) is 14.1. The van der Waals surface area contributed by atoms with Gasteiger partial charge >= 0.3 is 0 Å². The van der Waals surface area contributed by atoms with Crippen LogP contribution < -0.4 is 5.73 Å². The summed E-state index contributed by atoms with van der Waals surface area (Å²) >= 11 is 3.67. The SMILES string of the molecule is CC1CSCCN(Cc2cnc(N)s2)C1.Cl. The van der Waals surface area contributed by atoms with Gasteiger partial charge in [-0.15, -0.1) is 23.7 Å². The van der Waals surface area contributed by atoms with Crippen LogP contribution in [0.5, 0.6) is 0 Å². The maximum absolute atomic E-state index is 5.63. The number of nitrogens with zero attached hydrogens (tertiary/aromatic N) is 2. The lowest BCUT2D eigenvalue weighted by Gasteiger charge is -2.20. The summed E-state index contributed by atoms with van der Waals surface area (Å²) in [5, 5.41) is 0.683. The zero-order chi connectivity index (χ0) is 10.7. The zero-order valence-corrected chi connectivity index (χ0v) is 11.8. The highest BCUT2D eigenvalue weighted by molar-refractivity contribution is 7.99. The maximum Gasteiger partial charge on any atom is 0.180 e. The van der Waals surface area contributed by atoms with E-state index in [-0.39, 0.29) is 12.4 Å². The van der Waals surface area contributed by atoms with Crippen LogP contribution in [0.2, 0.25) is 0 Å². The molecular formula is C10H18ClN3S2. The number of anilines is 1. The second-order valence-corrected chi connectivity index (χ2v) is 6.38. The molecule has 1 atom stereocenters. The molecule has 1 aromatic heterocycles. The summed E-state index contributed by atoms with van der Waals surface area (Å²) < 4.78 is 0. The van der Waals surface area contributed by atoms with Crippen molar-refractivity contribution in [3.05, 3.63) is 11.1 Å². The lowest BCUT2D eigenvalue weighted by Crippen LogP contribution is -2.28. The first-order valence-electron chi connectivity index (χ1n) is 5.24. The van der Waals surface area contributed by atoms with Gasteiger partial charge in [-0.3, -0.25) is 4.90 Å². The van der Waals surface area contributed by atoms with Gasteiger partial charge in [-0.1, -0.05) is 6.92 Å². The van der Waals surface area contributed by atoms with Gasteiger partial charge in [-0.05, 0) is 11.7 Å².